The molecule has 0 saturated carbocycles. The first-order valence-electron chi connectivity index (χ1n) is 8.90. The van der Waals surface area contributed by atoms with Crippen LogP contribution in [0, 0.1) is 11.3 Å². The first-order valence-corrected chi connectivity index (χ1v) is 10.3. The lowest BCUT2D eigenvalue weighted by Gasteiger charge is -2.14. The quantitative estimate of drug-likeness (QED) is 0.368. The maximum absolute atomic E-state index is 12.8. The lowest BCUT2D eigenvalue weighted by molar-refractivity contribution is 0.490. The van der Waals surface area contributed by atoms with Crippen LogP contribution >= 0.6 is 0 Å². The van der Waals surface area contributed by atoms with Crippen molar-refractivity contribution in [2.24, 2.45) is 5.10 Å². The summed E-state index contributed by atoms with van der Waals surface area (Å²) in [4.78, 5) is 8.36. The van der Waals surface area contributed by atoms with E-state index in [9.17, 15) is 13.7 Å². The summed E-state index contributed by atoms with van der Waals surface area (Å²) in [6, 6.07) is 15.5. The highest BCUT2D eigenvalue weighted by molar-refractivity contribution is 7.89. The Morgan fingerprint density at radius 2 is 1.93 bits per heavy atom. The molecular weight excluding hydrogens is 400 g/mol. The standard InChI is InChI=1S/C21H16N6O2S/c1-26(30(28,29)20-7-3-2-5-16(20)11-22)25-14-19-13-24-21-9-8-18(15-27(19)21)17-6-4-10-23-12-17/h2-10,12-15H,1H3/b25-14+. The summed E-state index contributed by atoms with van der Waals surface area (Å²) in [7, 11) is -2.64. The van der Waals surface area contributed by atoms with Crippen LogP contribution in [0.3, 0.4) is 0 Å². The molecule has 0 fully saturated rings. The van der Waals surface area contributed by atoms with E-state index in [0.29, 0.717) is 11.3 Å². The number of sulfonamides is 1. The predicted octanol–water partition coefficient (Wildman–Crippen LogP) is 2.92. The molecule has 148 valence electrons. The van der Waals surface area contributed by atoms with E-state index in [4.69, 9.17) is 0 Å². The molecule has 0 atom stereocenters. The van der Waals surface area contributed by atoms with E-state index in [1.165, 1.54) is 25.4 Å². The van der Waals surface area contributed by atoms with Crippen molar-refractivity contribution < 1.29 is 8.42 Å². The van der Waals surface area contributed by atoms with Crippen molar-refractivity contribution in [2.45, 2.75) is 4.90 Å². The number of nitrogens with zero attached hydrogens (tertiary/aromatic N) is 6. The first-order chi connectivity index (χ1) is 14.5. The van der Waals surface area contributed by atoms with Gasteiger partial charge in [0.05, 0.1) is 23.7 Å². The Morgan fingerprint density at radius 3 is 2.70 bits per heavy atom. The second-order valence-electron chi connectivity index (χ2n) is 6.36. The molecule has 4 rings (SSSR count). The van der Waals surface area contributed by atoms with Crippen LogP contribution in [-0.2, 0) is 10.0 Å². The minimum atomic E-state index is -3.96. The summed E-state index contributed by atoms with van der Waals surface area (Å²) >= 11 is 0. The van der Waals surface area contributed by atoms with Gasteiger partial charge in [-0.2, -0.15) is 23.2 Å². The molecule has 0 aliphatic heterocycles. The van der Waals surface area contributed by atoms with Gasteiger partial charge in [0.25, 0.3) is 10.0 Å². The van der Waals surface area contributed by atoms with E-state index in [1.807, 2.05) is 40.9 Å². The van der Waals surface area contributed by atoms with Gasteiger partial charge >= 0.3 is 0 Å². The molecule has 4 aromatic rings. The molecule has 1 aromatic carbocycles. The number of hydrogen-bond acceptors (Lipinski definition) is 6. The van der Waals surface area contributed by atoms with Crippen LogP contribution in [0.5, 0.6) is 0 Å². The van der Waals surface area contributed by atoms with Gasteiger partial charge in [0.2, 0.25) is 0 Å². The lowest BCUT2D eigenvalue weighted by atomic mass is 10.1. The fraction of sp³-hybridized carbons (Fsp3) is 0.0476. The molecule has 0 spiro atoms. The largest absolute Gasteiger partial charge is 0.298 e. The minimum Gasteiger partial charge on any atom is -0.298 e. The number of aromatic nitrogens is 3. The Morgan fingerprint density at radius 1 is 1.10 bits per heavy atom. The molecule has 3 heterocycles. The smallest absolute Gasteiger partial charge is 0.280 e. The van der Waals surface area contributed by atoms with Gasteiger partial charge in [0.15, 0.2) is 0 Å². The van der Waals surface area contributed by atoms with Gasteiger partial charge in [-0.05, 0) is 30.3 Å². The fourth-order valence-corrected chi connectivity index (χ4v) is 4.03. The number of fused-ring (bicyclic) bond motifs is 1. The fourth-order valence-electron chi connectivity index (χ4n) is 2.93. The Kier molecular flexibility index (Phi) is 5.00. The highest BCUT2D eigenvalue weighted by Gasteiger charge is 2.22. The zero-order valence-corrected chi connectivity index (χ0v) is 16.7. The minimum absolute atomic E-state index is 0.0652. The summed E-state index contributed by atoms with van der Waals surface area (Å²) in [6.45, 7) is 0. The molecule has 9 heteroatoms. The second kappa shape index (κ2) is 7.77. The summed E-state index contributed by atoms with van der Waals surface area (Å²) in [5, 5.41) is 13.3. The number of imidazole rings is 1. The summed E-state index contributed by atoms with van der Waals surface area (Å²) in [6.07, 6.45) is 8.38. The molecular formula is C21H16N6O2S. The van der Waals surface area contributed by atoms with Crippen LogP contribution < -0.4 is 0 Å². The third-order valence-electron chi connectivity index (χ3n) is 4.51. The maximum atomic E-state index is 12.8. The Labute approximate surface area is 173 Å². The van der Waals surface area contributed by atoms with Crippen molar-refractivity contribution in [2.75, 3.05) is 7.05 Å². The zero-order valence-electron chi connectivity index (χ0n) is 15.9. The third kappa shape index (κ3) is 3.52. The number of nitriles is 1. The van der Waals surface area contributed by atoms with Crippen molar-refractivity contribution in [1.29, 1.82) is 5.26 Å². The van der Waals surface area contributed by atoms with Crippen LogP contribution in [0.15, 0.2) is 83.3 Å². The van der Waals surface area contributed by atoms with Gasteiger partial charge < -0.3 is 0 Å². The van der Waals surface area contributed by atoms with E-state index in [-0.39, 0.29) is 10.5 Å². The molecule has 0 aliphatic rings. The van der Waals surface area contributed by atoms with Crippen LogP contribution in [-0.4, -0.2) is 40.5 Å². The van der Waals surface area contributed by atoms with E-state index in [0.717, 1.165) is 15.5 Å². The van der Waals surface area contributed by atoms with Crippen LogP contribution in [0.2, 0.25) is 0 Å². The molecule has 8 nitrogen and oxygen atoms in total. The van der Waals surface area contributed by atoms with Crippen molar-refractivity contribution in [3.63, 3.8) is 0 Å². The van der Waals surface area contributed by atoms with Crippen LogP contribution in [0.25, 0.3) is 16.8 Å². The Hall–Kier alpha value is -4.03. The number of hydrogen-bond donors (Lipinski definition) is 0. The number of pyridine rings is 2. The van der Waals surface area contributed by atoms with Crippen molar-refractivity contribution in [3.8, 4) is 17.2 Å². The van der Waals surface area contributed by atoms with Crippen molar-refractivity contribution in [1.82, 2.24) is 18.8 Å². The lowest BCUT2D eigenvalue weighted by Crippen LogP contribution is -2.22. The van der Waals surface area contributed by atoms with Crippen molar-refractivity contribution in [3.05, 3.63) is 84.6 Å². The second-order valence-corrected chi connectivity index (χ2v) is 8.28. The molecule has 0 aliphatic carbocycles. The van der Waals surface area contributed by atoms with Gasteiger partial charge in [-0.15, -0.1) is 0 Å². The van der Waals surface area contributed by atoms with Gasteiger partial charge in [0, 0.05) is 36.8 Å². The monoisotopic (exact) mass is 416 g/mol. The normalized spacial score (nSPS) is 11.6. The molecule has 0 saturated heterocycles. The average molecular weight is 416 g/mol. The van der Waals surface area contributed by atoms with E-state index < -0.39 is 10.0 Å². The summed E-state index contributed by atoms with van der Waals surface area (Å²) < 4.78 is 28.3. The van der Waals surface area contributed by atoms with Crippen LogP contribution in [0.1, 0.15) is 11.3 Å². The van der Waals surface area contributed by atoms with Gasteiger partial charge in [0.1, 0.15) is 16.6 Å². The van der Waals surface area contributed by atoms with Gasteiger partial charge in [-0.3, -0.25) is 9.38 Å². The highest BCUT2D eigenvalue weighted by Crippen LogP contribution is 2.20. The maximum Gasteiger partial charge on any atom is 0.280 e. The molecule has 0 radical (unpaired) electrons. The van der Waals surface area contributed by atoms with Gasteiger partial charge in [-0.25, -0.2) is 4.98 Å². The molecule has 30 heavy (non-hydrogen) atoms. The number of hydrazone groups is 1. The van der Waals surface area contributed by atoms with E-state index in [2.05, 4.69) is 15.1 Å². The zero-order chi connectivity index (χ0) is 21.1. The van der Waals surface area contributed by atoms with Gasteiger partial charge in [-0.1, -0.05) is 18.2 Å². The van der Waals surface area contributed by atoms with Crippen molar-refractivity contribution >= 4 is 21.9 Å². The third-order valence-corrected chi connectivity index (χ3v) is 6.22. The Balaban J connectivity index is 1.68. The summed E-state index contributed by atoms with van der Waals surface area (Å²) in [5.41, 5.74) is 3.25. The molecule has 0 bridgehead atoms. The Bertz CT molecular complexity index is 1390. The van der Waals surface area contributed by atoms with E-state index >= 15 is 0 Å². The van der Waals surface area contributed by atoms with Crippen LogP contribution in [0.4, 0.5) is 0 Å². The first kappa shape index (κ1) is 19.3. The molecule has 0 unspecified atom stereocenters. The predicted molar refractivity (Wildman–Crippen MR) is 112 cm³/mol. The molecule has 3 aromatic heterocycles. The average Bonchev–Trinajstić information content (AvgIpc) is 3.20. The topological polar surface area (TPSA) is 104 Å². The molecule has 0 amide bonds. The van der Waals surface area contributed by atoms with E-state index in [1.54, 1.807) is 30.7 Å². The number of benzene rings is 1. The summed E-state index contributed by atoms with van der Waals surface area (Å²) in [5.74, 6) is 0. The SMILES string of the molecule is CN(/N=C/c1cnc2ccc(-c3cccnc3)cn12)S(=O)(=O)c1ccccc1C#N. The molecule has 0 N–H and O–H groups in total. The highest BCUT2D eigenvalue weighted by atomic mass is 32.2. The number of rotatable bonds is 5.